The van der Waals surface area contributed by atoms with Crippen molar-refractivity contribution in [3.05, 3.63) is 212 Å². The summed E-state index contributed by atoms with van der Waals surface area (Å²) >= 11 is 0. The first-order chi connectivity index (χ1) is 38.3. The maximum absolute atomic E-state index is 13.4. The van der Waals surface area contributed by atoms with E-state index in [0.29, 0.717) is 39.5 Å². The number of allylic oxidation sites excluding steroid dienone is 6. The van der Waals surface area contributed by atoms with Gasteiger partial charge in [0.05, 0.1) is 0 Å². The zero-order valence-electron chi connectivity index (χ0n) is 46.5. The predicted molar refractivity (Wildman–Crippen MR) is 325 cm³/mol. The second-order valence-corrected chi connectivity index (χ2v) is 21.1. The lowest BCUT2D eigenvalue weighted by Gasteiger charge is -2.22. The summed E-state index contributed by atoms with van der Waals surface area (Å²) in [7, 11) is 12.1. The first kappa shape index (κ1) is 55.3. The van der Waals surface area contributed by atoms with Crippen molar-refractivity contribution < 1.29 is 28.6 Å². The van der Waals surface area contributed by atoms with Crippen molar-refractivity contribution in [1.82, 2.24) is 4.90 Å². The Hall–Kier alpha value is -8.47. The molecule has 0 spiro atoms. The molecule has 10 nitrogen and oxygen atoms in total. The summed E-state index contributed by atoms with van der Waals surface area (Å²) in [6.07, 6.45) is 16.4. The largest absolute Gasteiger partial charge is 0.492 e. The van der Waals surface area contributed by atoms with Gasteiger partial charge in [0.25, 0.3) is 0 Å². The maximum atomic E-state index is 13.4. The molecular weight excluding hydrogens is 981 g/mol. The van der Waals surface area contributed by atoms with Crippen LogP contribution in [0.1, 0.15) is 71.9 Å². The number of carbonyl (C=O) groups is 3. The molecule has 6 aromatic carbocycles. The number of anilines is 3. The third kappa shape index (κ3) is 15.2. The van der Waals surface area contributed by atoms with Gasteiger partial charge >= 0.3 is 0 Å². The van der Waals surface area contributed by atoms with Crippen molar-refractivity contribution in [2.24, 2.45) is 0 Å². The average Bonchev–Trinajstić information content (AvgIpc) is 4.14. The van der Waals surface area contributed by atoms with Gasteiger partial charge in [0.2, 0.25) is 0 Å². The molecule has 3 saturated carbocycles. The van der Waals surface area contributed by atoms with Crippen molar-refractivity contribution in [3.8, 4) is 17.2 Å². The Morgan fingerprint density at radius 1 is 0.304 bits per heavy atom. The minimum atomic E-state index is 0.110. The Balaban J connectivity index is 0.788. The van der Waals surface area contributed by atoms with Gasteiger partial charge < -0.3 is 28.9 Å². The number of nitrogens with zero attached hydrogens (tertiary/aromatic N) is 4. The molecule has 0 aromatic heterocycles. The molecule has 0 atom stereocenters. The van der Waals surface area contributed by atoms with E-state index in [4.69, 9.17) is 14.2 Å². The minimum Gasteiger partial charge on any atom is -0.492 e. The highest BCUT2D eigenvalue weighted by molar-refractivity contribution is 6.17. The quantitative estimate of drug-likeness (QED) is 0.0649. The first-order valence-electron chi connectivity index (χ1n) is 27.4. The molecule has 6 aromatic rings. The van der Waals surface area contributed by atoms with Crippen LogP contribution in [0.2, 0.25) is 0 Å². The maximum Gasteiger partial charge on any atom is 0.185 e. The van der Waals surface area contributed by atoms with Crippen LogP contribution in [-0.4, -0.2) is 104 Å². The number of ketones is 3. The zero-order chi connectivity index (χ0) is 55.3. The summed E-state index contributed by atoms with van der Waals surface area (Å²) in [4.78, 5) is 48.5. The van der Waals surface area contributed by atoms with Gasteiger partial charge in [0, 0.05) is 112 Å². The monoisotopic (exact) mass is 1050 g/mol. The van der Waals surface area contributed by atoms with Crippen LogP contribution in [0.15, 0.2) is 179 Å². The van der Waals surface area contributed by atoms with Crippen molar-refractivity contribution in [1.29, 1.82) is 0 Å². The Kier molecular flexibility index (Phi) is 18.4. The van der Waals surface area contributed by atoms with Crippen LogP contribution >= 0.6 is 0 Å². The van der Waals surface area contributed by atoms with E-state index in [1.165, 1.54) is 0 Å². The lowest BCUT2D eigenvalue weighted by atomic mass is 10.1. The number of rotatable bonds is 21. The summed E-state index contributed by atoms with van der Waals surface area (Å²) in [5.74, 6) is 2.59. The summed E-state index contributed by atoms with van der Waals surface area (Å²) in [5.41, 5.74) is 14.3. The number of Topliss-reactive ketones (excluding diaryl/α,β-unsaturated/α-hetero) is 3. The van der Waals surface area contributed by atoms with Gasteiger partial charge in [-0.15, -0.1) is 0 Å². The SMILES string of the molecule is CN(C)c1ccc(/C=C2/CC/C(=C/c3ccc(OCCN(CCOc4ccc(/C=C5\CC/C(=C/c6ccc(N(C)C)cc6)C5=O)cc4)CCOc4ccc(/C=C5\CC/C(=C\c6ccc(N(C)C)cc6)C5=O)cc4)cc3)C2=O)cc1. The Morgan fingerprint density at radius 2 is 0.494 bits per heavy atom. The lowest BCUT2D eigenvalue weighted by Crippen LogP contribution is -2.35. The van der Waals surface area contributed by atoms with Crippen LogP contribution in [0, 0.1) is 0 Å². The highest BCUT2D eigenvalue weighted by Crippen LogP contribution is 2.33. The Labute approximate surface area is 466 Å². The number of hydrogen-bond acceptors (Lipinski definition) is 10. The predicted octanol–water partition coefficient (Wildman–Crippen LogP) is 13.2. The van der Waals surface area contributed by atoms with Crippen LogP contribution in [0.25, 0.3) is 36.5 Å². The Bertz CT molecular complexity index is 2930. The standard InChI is InChI=1S/C69H72N4O6/c1-70(2)61-25-7-49(8-26-61)43-55-19-22-58(67(55)74)46-52-13-31-64(32-14-52)77-40-37-73(38-41-78-65-33-15-53(16-34-65)47-59-23-20-56(68(59)75)44-50-9-27-62(28-10-50)71(3)4)39-42-79-66-35-17-54(18-36-66)48-60-24-21-57(69(60)76)45-51-11-29-63(30-12-51)72(5)6/h7-18,25-36,43-48H,19-24,37-42H2,1-6H3/b55-43-,56-44-,57-45+,58-46-,59-47+,60-48+. The molecule has 404 valence electrons. The summed E-state index contributed by atoms with van der Waals surface area (Å²) in [5, 5.41) is 0. The highest BCUT2D eigenvalue weighted by Gasteiger charge is 2.25. The van der Waals surface area contributed by atoms with E-state index in [-0.39, 0.29) is 17.3 Å². The molecule has 3 aliphatic rings. The van der Waals surface area contributed by atoms with Gasteiger partial charge in [-0.05, 0) is 181 Å². The third-order valence-electron chi connectivity index (χ3n) is 14.7. The second-order valence-electron chi connectivity index (χ2n) is 21.1. The van der Waals surface area contributed by atoms with Crippen LogP contribution < -0.4 is 28.9 Å². The van der Waals surface area contributed by atoms with E-state index in [1.54, 1.807) is 0 Å². The molecule has 9 rings (SSSR count). The highest BCUT2D eigenvalue weighted by atomic mass is 16.5. The Morgan fingerprint density at radius 3 is 0.684 bits per heavy atom. The summed E-state index contributed by atoms with van der Waals surface area (Å²) in [6, 6.07) is 48.5. The summed E-state index contributed by atoms with van der Waals surface area (Å²) < 4.78 is 18.8. The zero-order valence-corrected chi connectivity index (χ0v) is 46.5. The van der Waals surface area contributed by atoms with Gasteiger partial charge in [-0.2, -0.15) is 0 Å². The van der Waals surface area contributed by atoms with Crippen LogP contribution in [-0.2, 0) is 14.4 Å². The molecular formula is C69H72N4O6. The fraction of sp³-hybridized carbons (Fsp3) is 0.261. The molecule has 79 heavy (non-hydrogen) atoms. The van der Waals surface area contributed by atoms with Crippen molar-refractivity contribution >= 4 is 70.9 Å². The van der Waals surface area contributed by atoms with Crippen LogP contribution in [0.5, 0.6) is 17.2 Å². The van der Waals surface area contributed by atoms with Crippen molar-refractivity contribution in [3.63, 3.8) is 0 Å². The molecule has 3 aliphatic carbocycles. The van der Waals surface area contributed by atoms with Crippen LogP contribution in [0.3, 0.4) is 0 Å². The number of carbonyl (C=O) groups excluding carboxylic acids is 3. The molecule has 0 aliphatic heterocycles. The van der Waals surface area contributed by atoms with Gasteiger partial charge in [-0.25, -0.2) is 0 Å². The second kappa shape index (κ2) is 26.3. The van der Waals surface area contributed by atoms with Gasteiger partial charge in [0.1, 0.15) is 37.1 Å². The van der Waals surface area contributed by atoms with E-state index in [1.807, 2.05) is 152 Å². The number of ether oxygens (including phenoxy) is 3. The molecule has 3 fully saturated rings. The minimum absolute atomic E-state index is 0.110. The lowest BCUT2D eigenvalue weighted by molar-refractivity contribution is -0.112. The fourth-order valence-corrected chi connectivity index (χ4v) is 9.94. The smallest absolute Gasteiger partial charge is 0.185 e. The number of hydrogen-bond donors (Lipinski definition) is 0. The van der Waals surface area contributed by atoms with Gasteiger partial charge in [0.15, 0.2) is 17.3 Å². The number of benzene rings is 6. The van der Waals surface area contributed by atoms with E-state index in [0.717, 1.165) is 140 Å². The van der Waals surface area contributed by atoms with E-state index >= 15 is 0 Å². The van der Waals surface area contributed by atoms with E-state index in [9.17, 15) is 14.4 Å². The molecule has 10 heteroatoms. The van der Waals surface area contributed by atoms with Crippen LogP contribution in [0.4, 0.5) is 17.1 Å². The summed E-state index contributed by atoms with van der Waals surface area (Å²) in [6.45, 7) is 3.26. The molecule has 0 saturated heterocycles. The van der Waals surface area contributed by atoms with E-state index in [2.05, 4.69) is 92.4 Å². The van der Waals surface area contributed by atoms with Crippen molar-refractivity contribution in [2.75, 3.05) is 96.4 Å². The normalized spacial score (nSPS) is 17.6. The van der Waals surface area contributed by atoms with Crippen molar-refractivity contribution in [2.45, 2.75) is 38.5 Å². The topological polar surface area (TPSA) is 91.9 Å². The molecule has 0 unspecified atom stereocenters. The molecule has 0 bridgehead atoms. The average molecular weight is 1050 g/mol. The first-order valence-corrected chi connectivity index (χ1v) is 27.4. The van der Waals surface area contributed by atoms with Gasteiger partial charge in [-0.3, -0.25) is 19.3 Å². The fourth-order valence-electron chi connectivity index (χ4n) is 9.94. The van der Waals surface area contributed by atoms with E-state index < -0.39 is 0 Å². The molecule has 0 amide bonds. The molecule has 0 N–H and O–H groups in total. The molecule has 0 heterocycles. The van der Waals surface area contributed by atoms with Gasteiger partial charge in [-0.1, -0.05) is 72.8 Å². The third-order valence-corrected chi connectivity index (χ3v) is 14.7. The molecule has 0 radical (unpaired) electrons.